The highest BCUT2D eigenvalue weighted by Gasteiger charge is 2.28. The summed E-state index contributed by atoms with van der Waals surface area (Å²) < 4.78 is 5.40. The van der Waals surface area contributed by atoms with E-state index in [1.165, 1.54) is 6.42 Å². The lowest BCUT2D eigenvalue weighted by Gasteiger charge is -2.27. The van der Waals surface area contributed by atoms with Gasteiger partial charge in [-0.3, -0.25) is 4.90 Å². The number of rotatable bonds is 7. The van der Waals surface area contributed by atoms with E-state index >= 15 is 0 Å². The topological polar surface area (TPSA) is 56.9 Å². The van der Waals surface area contributed by atoms with Crippen LogP contribution in [-0.4, -0.2) is 59.7 Å². The Bertz CT molecular complexity index is 527. The fraction of sp³-hybridized carbons (Fsp3) is 0.778. The summed E-state index contributed by atoms with van der Waals surface area (Å²) >= 11 is 0. The Balaban J connectivity index is 0.00000312. The predicted octanol–water partition coefficient (Wildman–Crippen LogP) is 3.30. The van der Waals surface area contributed by atoms with Crippen molar-refractivity contribution in [3.8, 4) is 0 Å². The van der Waals surface area contributed by atoms with E-state index in [1.54, 1.807) is 0 Å². The summed E-state index contributed by atoms with van der Waals surface area (Å²) in [6.07, 6.45) is 1.20. The van der Waals surface area contributed by atoms with Crippen LogP contribution in [-0.2, 0) is 6.54 Å². The van der Waals surface area contributed by atoms with E-state index in [9.17, 15) is 0 Å². The molecule has 0 aromatic carbocycles. The normalized spacial score (nSPS) is 18.1. The lowest BCUT2D eigenvalue weighted by molar-refractivity contribution is 0.223. The van der Waals surface area contributed by atoms with Gasteiger partial charge in [-0.25, -0.2) is 4.99 Å². The van der Waals surface area contributed by atoms with E-state index in [1.807, 2.05) is 6.07 Å². The molecule has 144 valence electrons. The molecule has 6 nitrogen and oxygen atoms in total. The van der Waals surface area contributed by atoms with Gasteiger partial charge in [0.2, 0.25) is 0 Å². The number of hydrogen-bond acceptors (Lipinski definition) is 4. The first-order valence-electron chi connectivity index (χ1n) is 9.31. The number of nitrogens with one attached hydrogen (secondary N) is 1. The highest BCUT2D eigenvalue weighted by Crippen LogP contribution is 2.17. The number of hydrogen-bond donors (Lipinski definition) is 1. The number of halogens is 1. The van der Waals surface area contributed by atoms with Crippen LogP contribution in [0.25, 0.3) is 0 Å². The van der Waals surface area contributed by atoms with E-state index in [0.29, 0.717) is 18.5 Å². The maximum atomic E-state index is 5.40. The number of aromatic nitrogens is 1. The molecule has 0 bridgehead atoms. The van der Waals surface area contributed by atoms with Crippen LogP contribution in [0.2, 0.25) is 0 Å². The molecule has 1 aromatic rings. The second kappa shape index (κ2) is 11.0. The van der Waals surface area contributed by atoms with Gasteiger partial charge in [0, 0.05) is 31.7 Å². The summed E-state index contributed by atoms with van der Waals surface area (Å²) in [6, 6.07) is 2.64. The minimum atomic E-state index is 0. The van der Waals surface area contributed by atoms with Crippen LogP contribution in [0.3, 0.4) is 0 Å². The summed E-state index contributed by atoms with van der Waals surface area (Å²) in [6.45, 7) is 16.5. The highest BCUT2D eigenvalue weighted by molar-refractivity contribution is 14.0. The van der Waals surface area contributed by atoms with Gasteiger partial charge in [0.25, 0.3) is 0 Å². The van der Waals surface area contributed by atoms with Crippen LogP contribution in [0.4, 0.5) is 0 Å². The van der Waals surface area contributed by atoms with Crippen molar-refractivity contribution in [3.63, 3.8) is 0 Å². The molecule has 25 heavy (non-hydrogen) atoms. The molecule has 2 heterocycles. The molecule has 1 fully saturated rings. The van der Waals surface area contributed by atoms with Gasteiger partial charge < -0.3 is 14.7 Å². The zero-order chi connectivity index (χ0) is 17.5. The lowest BCUT2D eigenvalue weighted by atomic mass is 10.1. The van der Waals surface area contributed by atoms with Crippen LogP contribution in [0.15, 0.2) is 15.6 Å². The Morgan fingerprint density at radius 1 is 1.40 bits per heavy atom. The third kappa shape index (κ3) is 6.13. The first-order chi connectivity index (χ1) is 11.6. The van der Waals surface area contributed by atoms with Gasteiger partial charge >= 0.3 is 0 Å². The van der Waals surface area contributed by atoms with E-state index in [4.69, 9.17) is 9.52 Å². The SMILES string of the molecule is CCNC(=NCc1cc(C(C)C)no1)N1CCC(N(CC)CC)C1.I. The minimum Gasteiger partial charge on any atom is -0.359 e. The molecule has 1 aromatic heterocycles. The van der Waals surface area contributed by atoms with Crippen LogP contribution in [0.5, 0.6) is 0 Å². The molecule has 1 saturated heterocycles. The van der Waals surface area contributed by atoms with Crippen molar-refractivity contribution in [2.75, 3.05) is 32.7 Å². The van der Waals surface area contributed by atoms with E-state index in [-0.39, 0.29) is 24.0 Å². The molecule has 0 radical (unpaired) electrons. The monoisotopic (exact) mass is 463 g/mol. The number of aliphatic imine (C=N–C) groups is 1. The Labute approximate surface area is 169 Å². The standard InChI is InChI=1S/C18H33N5O.HI/c1-6-19-18(20-12-16-11-17(14(4)5)21-24-16)23-10-9-15(13-23)22(7-2)8-3;/h11,14-15H,6-10,12-13H2,1-5H3,(H,19,20);1H. The zero-order valence-electron chi connectivity index (χ0n) is 16.3. The van der Waals surface area contributed by atoms with Gasteiger partial charge in [-0.2, -0.15) is 0 Å². The molecule has 1 aliphatic rings. The summed E-state index contributed by atoms with van der Waals surface area (Å²) in [5, 5.41) is 7.52. The lowest BCUT2D eigenvalue weighted by Crippen LogP contribution is -2.43. The second-order valence-corrected chi connectivity index (χ2v) is 6.65. The number of nitrogens with zero attached hydrogens (tertiary/aromatic N) is 4. The van der Waals surface area contributed by atoms with Gasteiger partial charge in [-0.05, 0) is 32.4 Å². The van der Waals surface area contributed by atoms with Gasteiger partial charge in [0.15, 0.2) is 11.7 Å². The molecular weight excluding hydrogens is 429 g/mol. The van der Waals surface area contributed by atoms with E-state index in [2.05, 4.69) is 54.9 Å². The first-order valence-corrected chi connectivity index (χ1v) is 9.31. The minimum absolute atomic E-state index is 0. The van der Waals surface area contributed by atoms with Gasteiger partial charge in [0.05, 0.1) is 5.69 Å². The number of guanidine groups is 1. The fourth-order valence-electron chi connectivity index (χ4n) is 3.23. The third-order valence-electron chi connectivity index (χ3n) is 4.68. The molecule has 0 spiro atoms. The maximum absolute atomic E-state index is 5.40. The molecule has 0 aliphatic carbocycles. The second-order valence-electron chi connectivity index (χ2n) is 6.65. The van der Waals surface area contributed by atoms with Crippen LogP contribution >= 0.6 is 24.0 Å². The molecule has 1 N–H and O–H groups in total. The van der Waals surface area contributed by atoms with Crippen molar-refractivity contribution in [2.24, 2.45) is 4.99 Å². The fourth-order valence-corrected chi connectivity index (χ4v) is 3.23. The number of likely N-dealkylation sites (tertiary alicyclic amines) is 1. The molecule has 1 aliphatic heterocycles. The quantitative estimate of drug-likeness (QED) is 0.382. The molecule has 0 saturated carbocycles. The van der Waals surface area contributed by atoms with Crippen molar-refractivity contribution >= 4 is 29.9 Å². The van der Waals surface area contributed by atoms with Crippen LogP contribution in [0.1, 0.15) is 58.4 Å². The Hall–Kier alpha value is -0.830. The first kappa shape index (κ1) is 22.2. The molecule has 1 atom stereocenters. The maximum Gasteiger partial charge on any atom is 0.194 e. The summed E-state index contributed by atoms with van der Waals surface area (Å²) in [5.74, 6) is 2.19. The van der Waals surface area contributed by atoms with E-state index in [0.717, 1.165) is 50.1 Å². The molecule has 0 amide bonds. The van der Waals surface area contributed by atoms with E-state index < -0.39 is 0 Å². The van der Waals surface area contributed by atoms with Crippen molar-refractivity contribution < 1.29 is 4.52 Å². The van der Waals surface area contributed by atoms with Gasteiger partial charge in [0.1, 0.15) is 6.54 Å². The largest absolute Gasteiger partial charge is 0.359 e. The average Bonchev–Trinajstić information content (AvgIpc) is 3.22. The Morgan fingerprint density at radius 3 is 2.68 bits per heavy atom. The smallest absolute Gasteiger partial charge is 0.194 e. The summed E-state index contributed by atoms with van der Waals surface area (Å²) in [7, 11) is 0. The molecular formula is C18H34IN5O. The highest BCUT2D eigenvalue weighted by atomic mass is 127. The summed E-state index contributed by atoms with van der Waals surface area (Å²) in [4.78, 5) is 9.67. The zero-order valence-corrected chi connectivity index (χ0v) is 18.6. The molecule has 7 heteroatoms. The third-order valence-corrected chi connectivity index (χ3v) is 4.68. The molecule has 2 rings (SSSR count). The van der Waals surface area contributed by atoms with Crippen LogP contribution in [0, 0.1) is 0 Å². The van der Waals surface area contributed by atoms with Crippen LogP contribution < -0.4 is 5.32 Å². The van der Waals surface area contributed by atoms with Crippen molar-refractivity contribution in [2.45, 2.75) is 59.5 Å². The van der Waals surface area contributed by atoms with Gasteiger partial charge in [-0.15, -0.1) is 24.0 Å². The van der Waals surface area contributed by atoms with Crippen molar-refractivity contribution in [1.29, 1.82) is 0 Å². The van der Waals surface area contributed by atoms with Gasteiger partial charge in [-0.1, -0.05) is 32.9 Å². The Morgan fingerprint density at radius 2 is 2.12 bits per heavy atom. The predicted molar refractivity (Wildman–Crippen MR) is 114 cm³/mol. The average molecular weight is 463 g/mol. The van der Waals surface area contributed by atoms with Crippen molar-refractivity contribution in [1.82, 2.24) is 20.3 Å². The summed E-state index contributed by atoms with van der Waals surface area (Å²) in [5.41, 5.74) is 0.993. The number of likely N-dealkylation sites (N-methyl/N-ethyl adjacent to an activating group) is 1. The van der Waals surface area contributed by atoms with Crippen molar-refractivity contribution in [3.05, 3.63) is 17.5 Å². The Kier molecular flexibility index (Phi) is 9.78. The molecule has 1 unspecified atom stereocenters.